The average molecular weight is 458 g/mol. The van der Waals surface area contributed by atoms with Crippen molar-refractivity contribution in [2.75, 3.05) is 19.7 Å². The summed E-state index contributed by atoms with van der Waals surface area (Å²) < 4.78 is 19.1. The first kappa shape index (κ1) is 23.2. The molecule has 5 atom stereocenters. The van der Waals surface area contributed by atoms with Crippen LogP contribution in [0.4, 0.5) is 0 Å². The van der Waals surface area contributed by atoms with Crippen LogP contribution in [0.1, 0.15) is 64.5 Å². The van der Waals surface area contributed by atoms with E-state index in [1.54, 1.807) is 6.07 Å². The molecule has 6 nitrogen and oxygen atoms in total. The number of phenols is 1. The highest BCUT2D eigenvalue weighted by Gasteiger charge is 2.73. The number of aliphatic hydroxyl groups is 1. The molecule has 2 fully saturated rings. The molecule has 0 aromatic heterocycles. The number of benzene rings is 1. The molecule has 2 aliphatic carbocycles. The number of hydrogen-bond acceptors (Lipinski definition) is 6. The Morgan fingerprint density at radius 2 is 2.12 bits per heavy atom. The van der Waals surface area contributed by atoms with E-state index in [2.05, 4.69) is 25.3 Å². The summed E-state index contributed by atoms with van der Waals surface area (Å²) in [5.41, 5.74) is 0.338. The third-order valence-corrected chi connectivity index (χ3v) is 8.51. The standard InChI is InChI=1S/C27H39NO5/c1-6-13-28-14-11-26-22-18-7-8-19(29)23(22)32-24(26)20(9-10-27(26,30)21(28)16-18)33-25(4,5)12-15-31-17(2)3/h6-8,17,20-21,24,29-30H,1,9-16H2,2-5H3/t20?,21?,24-,26-,27+/m0/s1. The van der Waals surface area contributed by atoms with Crippen LogP contribution < -0.4 is 4.74 Å². The summed E-state index contributed by atoms with van der Waals surface area (Å²) in [6.45, 7) is 14.5. The van der Waals surface area contributed by atoms with Gasteiger partial charge in [0.25, 0.3) is 0 Å². The highest BCUT2D eigenvalue weighted by Crippen LogP contribution is 2.65. The number of nitrogens with zero attached hydrogens (tertiary/aromatic N) is 1. The molecule has 1 saturated heterocycles. The van der Waals surface area contributed by atoms with Gasteiger partial charge in [-0.05, 0) is 78.0 Å². The van der Waals surface area contributed by atoms with Gasteiger partial charge in [0.05, 0.1) is 28.8 Å². The number of aromatic hydroxyl groups is 1. The Hall–Kier alpha value is -1.60. The first-order valence-electron chi connectivity index (χ1n) is 12.5. The van der Waals surface area contributed by atoms with Crippen molar-refractivity contribution in [3.8, 4) is 11.5 Å². The molecule has 1 spiro atoms. The summed E-state index contributed by atoms with van der Waals surface area (Å²) in [7, 11) is 0. The van der Waals surface area contributed by atoms with Crippen molar-refractivity contribution in [2.45, 2.75) is 101 Å². The minimum absolute atomic E-state index is 0.00625. The highest BCUT2D eigenvalue weighted by atomic mass is 16.6. The van der Waals surface area contributed by atoms with Gasteiger partial charge in [-0.15, -0.1) is 6.58 Å². The molecule has 2 bridgehead atoms. The van der Waals surface area contributed by atoms with Crippen LogP contribution in [0.2, 0.25) is 0 Å². The summed E-state index contributed by atoms with van der Waals surface area (Å²) in [6.07, 6.45) is 5.33. The Balaban J connectivity index is 1.51. The largest absolute Gasteiger partial charge is 0.504 e. The van der Waals surface area contributed by atoms with Crippen molar-refractivity contribution in [1.29, 1.82) is 0 Å². The lowest BCUT2D eigenvalue weighted by Gasteiger charge is -2.64. The van der Waals surface area contributed by atoms with Crippen LogP contribution in [-0.2, 0) is 21.3 Å². The highest BCUT2D eigenvalue weighted by molar-refractivity contribution is 5.62. The van der Waals surface area contributed by atoms with Gasteiger partial charge in [0.15, 0.2) is 11.5 Å². The Bertz CT molecular complexity index is 929. The molecule has 2 aliphatic heterocycles. The molecule has 182 valence electrons. The molecule has 1 aromatic rings. The Morgan fingerprint density at radius 1 is 1.33 bits per heavy atom. The van der Waals surface area contributed by atoms with Crippen LogP contribution in [0.25, 0.3) is 0 Å². The van der Waals surface area contributed by atoms with Crippen molar-refractivity contribution in [1.82, 2.24) is 4.90 Å². The summed E-state index contributed by atoms with van der Waals surface area (Å²) in [5.74, 6) is 0.721. The normalized spacial score (nSPS) is 34.8. The van der Waals surface area contributed by atoms with E-state index in [4.69, 9.17) is 14.2 Å². The second-order valence-corrected chi connectivity index (χ2v) is 11.3. The Morgan fingerprint density at radius 3 is 2.85 bits per heavy atom. The van der Waals surface area contributed by atoms with Gasteiger partial charge in [-0.3, -0.25) is 4.90 Å². The fourth-order valence-corrected chi connectivity index (χ4v) is 7.10. The van der Waals surface area contributed by atoms with Gasteiger partial charge in [-0.25, -0.2) is 0 Å². The van der Waals surface area contributed by atoms with E-state index in [1.807, 2.05) is 26.0 Å². The van der Waals surface area contributed by atoms with E-state index in [0.29, 0.717) is 18.8 Å². The number of piperidine rings is 1. The quantitative estimate of drug-likeness (QED) is 0.580. The minimum Gasteiger partial charge on any atom is -0.504 e. The van der Waals surface area contributed by atoms with Gasteiger partial charge >= 0.3 is 0 Å². The van der Waals surface area contributed by atoms with Crippen LogP contribution in [0.15, 0.2) is 24.8 Å². The monoisotopic (exact) mass is 457 g/mol. The van der Waals surface area contributed by atoms with Crippen molar-refractivity contribution in [3.63, 3.8) is 0 Å². The van der Waals surface area contributed by atoms with Gasteiger partial charge in [0, 0.05) is 24.8 Å². The Labute approximate surface area is 197 Å². The SMILES string of the molecule is C=CCN1CC[C@]23c4c5ccc(O)c4O[C@H]2C(OC(C)(C)CCOC(C)C)CC[C@@]3(O)C1C5. The lowest BCUT2D eigenvalue weighted by atomic mass is 9.48. The van der Waals surface area contributed by atoms with Crippen molar-refractivity contribution >= 4 is 0 Å². The molecular weight excluding hydrogens is 418 g/mol. The molecule has 5 rings (SSSR count). The summed E-state index contributed by atoms with van der Waals surface area (Å²) in [4.78, 5) is 2.37. The van der Waals surface area contributed by atoms with Crippen LogP contribution in [-0.4, -0.2) is 70.4 Å². The van der Waals surface area contributed by atoms with E-state index in [9.17, 15) is 10.2 Å². The van der Waals surface area contributed by atoms with Gasteiger partial charge in [-0.1, -0.05) is 12.1 Å². The number of phenolic OH excluding ortho intramolecular Hbond substituents is 1. The molecule has 0 radical (unpaired) electrons. The molecule has 2 N–H and O–H groups in total. The van der Waals surface area contributed by atoms with E-state index in [0.717, 1.165) is 44.3 Å². The maximum absolute atomic E-state index is 12.4. The van der Waals surface area contributed by atoms with Crippen molar-refractivity contribution in [3.05, 3.63) is 35.9 Å². The predicted octanol–water partition coefficient (Wildman–Crippen LogP) is 3.71. The number of likely N-dealkylation sites (tertiary alicyclic amines) is 1. The summed E-state index contributed by atoms with van der Waals surface area (Å²) >= 11 is 0. The van der Waals surface area contributed by atoms with E-state index >= 15 is 0 Å². The summed E-state index contributed by atoms with van der Waals surface area (Å²) in [6, 6.07) is 3.76. The molecule has 1 aromatic carbocycles. The maximum Gasteiger partial charge on any atom is 0.165 e. The second kappa shape index (κ2) is 7.98. The van der Waals surface area contributed by atoms with Crippen LogP contribution in [0.3, 0.4) is 0 Å². The molecular formula is C27H39NO5. The molecule has 33 heavy (non-hydrogen) atoms. The van der Waals surface area contributed by atoms with Crippen molar-refractivity contribution < 1.29 is 24.4 Å². The minimum atomic E-state index is -0.921. The smallest absolute Gasteiger partial charge is 0.165 e. The average Bonchev–Trinajstić information content (AvgIpc) is 3.09. The molecule has 4 aliphatic rings. The number of hydrogen-bond donors (Lipinski definition) is 2. The lowest BCUT2D eigenvalue weighted by Crippen LogP contribution is -2.77. The van der Waals surface area contributed by atoms with Crippen LogP contribution in [0.5, 0.6) is 11.5 Å². The first-order chi connectivity index (χ1) is 15.6. The van der Waals surface area contributed by atoms with Gasteiger partial charge in [-0.2, -0.15) is 0 Å². The molecule has 2 heterocycles. The summed E-state index contributed by atoms with van der Waals surface area (Å²) in [5, 5.41) is 23.1. The van der Waals surface area contributed by atoms with E-state index in [1.165, 1.54) is 5.56 Å². The lowest BCUT2D eigenvalue weighted by molar-refractivity contribution is -0.230. The zero-order valence-corrected chi connectivity index (χ0v) is 20.5. The Kier molecular flexibility index (Phi) is 5.60. The van der Waals surface area contributed by atoms with Crippen LogP contribution in [0, 0.1) is 0 Å². The number of ether oxygens (including phenoxy) is 3. The fourth-order valence-electron chi connectivity index (χ4n) is 7.10. The van der Waals surface area contributed by atoms with Crippen molar-refractivity contribution in [2.24, 2.45) is 0 Å². The molecule has 6 heteroatoms. The maximum atomic E-state index is 12.4. The van der Waals surface area contributed by atoms with Gasteiger partial charge < -0.3 is 24.4 Å². The zero-order valence-electron chi connectivity index (χ0n) is 20.5. The predicted molar refractivity (Wildman–Crippen MR) is 127 cm³/mol. The first-order valence-corrected chi connectivity index (χ1v) is 12.5. The molecule has 1 saturated carbocycles. The number of rotatable bonds is 8. The van der Waals surface area contributed by atoms with E-state index in [-0.39, 0.29) is 35.7 Å². The third-order valence-electron chi connectivity index (χ3n) is 8.51. The zero-order chi connectivity index (χ0) is 23.6. The van der Waals surface area contributed by atoms with E-state index < -0.39 is 11.0 Å². The molecule has 0 amide bonds. The van der Waals surface area contributed by atoms with Gasteiger partial charge in [0.1, 0.15) is 6.10 Å². The fraction of sp³-hybridized carbons (Fsp3) is 0.704. The van der Waals surface area contributed by atoms with Crippen LogP contribution >= 0.6 is 0 Å². The topological polar surface area (TPSA) is 71.4 Å². The molecule has 2 unspecified atom stereocenters. The van der Waals surface area contributed by atoms with Gasteiger partial charge in [0.2, 0.25) is 0 Å². The second-order valence-electron chi connectivity index (χ2n) is 11.3. The third kappa shape index (κ3) is 3.36.